The number of thiophene rings is 1. The maximum absolute atomic E-state index is 3.59. The number of nitrogens with one attached hydrogen (secondary N) is 1. The van der Waals surface area contributed by atoms with Gasteiger partial charge < -0.3 is 5.32 Å². The molecule has 1 fully saturated rings. The fraction of sp³-hybridized carbons (Fsp3) is 0.750. The molecule has 0 unspecified atom stereocenters. The number of rotatable bonds is 11. The van der Waals surface area contributed by atoms with Crippen LogP contribution < -0.4 is 5.32 Å². The Morgan fingerprint density at radius 1 is 1.26 bits per heavy atom. The van der Waals surface area contributed by atoms with E-state index in [1.165, 1.54) is 63.0 Å². The Labute approximate surface area is 122 Å². The first-order valence-electron chi connectivity index (χ1n) is 7.86. The predicted molar refractivity (Wildman–Crippen MR) is 84.8 cm³/mol. The average molecular weight is 280 g/mol. The maximum atomic E-state index is 3.59. The minimum atomic E-state index is 0.876. The molecule has 0 amide bonds. The zero-order chi connectivity index (χ0) is 13.3. The van der Waals surface area contributed by atoms with E-state index in [0.29, 0.717) is 0 Å². The first kappa shape index (κ1) is 15.0. The Balaban J connectivity index is 1.45. The molecule has 0 spiro atoms. The van der Waals surface area contributed by atoms with Crippen LogP contribution in [0.25, 0.3) is 0 Å². The number of hydrogen-bond acceptors (Lipinski definition) is 3. The van der Waals surface area contributed by atoms with Crippen LogP contribution in [0, 0.1) is 0 Å². The Bertz CT molecular complexity index is 319. The summed E-state index contributed by atoms with van der Waals surface area (Å²) in [6, 6.07) is 5.28. The molecule has 19 heavy (non-hydrogen) atoms. The van der Waals surface area contributed by atoms with Crippen LogP contribution in [0.15, 0.2) is 17.5 Å². The predicted octanol–water partition coefficient (Wildman–Crippen LogP) is 3.88. The van der Waals surface area contributed by atoms with Crippen molar-refractivity contribution in [1.29, 1.82) is 0 Å². The van der Waals surface area contributed by atoms with Gasteiger partial charge in [0.25, 0.3) is 0 Å². The van der Waals surface area contributed by atoms with E-state index >= 15 is 0 Å². The molecular weight excluding hydrogens is 252 g/mol. The van der Waals surface area contributed by atoms with Crippen molar-refractivity contribution in [1.82, 2.24) is 10.2 Å². The van der Waals surface area contributed by atoms with E-state index in [1.807, 2.05) is 11.3 Å². The molecule has 0 saturated heterocycles. The number of nitrogens with zero attached hydrogens (tertiary/aromatic N) is 1. The van der Waals surface area contributed by atoms with Crippen LogP contribution in [0.4, 0.5) is 0 Å². The minimum absolute atomic E-state index is 0.876. The second kappa shape index (κ2) is 8.72. The number of unbranched alkanes of at least 4 members (excludes halogenated alkanes) is 3. The Morgan fingerprint density at radius 2 is 2.11 bits per heavy atom. The molecule has 108 valence electrons. The van der Waals surface area contributed by atoms with Crippen molar-refractivity contribution in [2.24, 2.45) is 0 Å². The molecule has 1 saturated carbocycles. The van der Waals surface area contributed by atoms with Crippen molar-refractivity contribution in [2.45, 2.75) is 58.0 Å². The zero-order valence-electron chi connectivity index (χ0n) is 12.2. The van der Waals surface area contributed by atoms with Gasteiger partial charge in [0, 0.05) is 17.5 Å². The van der Waals surface area contributed by atoms with Crippen LogP contribution in [-0.4, -0.2) is 30.6 Å². The van der Waals surface area contributed by atoms with Crippen LogP contribution in [-0.2, 0) is 6.54 Å². The fourth-order valence-corrected chi connectivity index (χ4v) is 3.13. The fourth-order valence-electron chi connectivity index (χ4n) is 2.38. The van der Waals surface area contributed by atoms with Crippen LogP contribution >= 0.6 is 11.3 Å². The van der Waals surface area contributed by atoms with E-state index in [-0.39, 0.29) is 0 Å². The molecule has 1 N–H and O–H groups in total. The number of hydrogen-bond donors (Lipinski definition) is 1. The first-order chi connectivity index (χ1) is 9.38. The monoisotopic (exact) mass is 280 g/mol. The summed E-state index contributed by atoms with van der Waals surface area (Å²) in [4.78, 5) is 4.06. The topological polar surface area (TPSA) is 15.3 Å². The van der Waals surface area contributed by atoms with Crippen LogP contribution in [0.2, 0.25) is 0 Å². The zero-order valence-corrected chi connectivity index (χ0v) is 13.1. The van der Waals surface area contributed by atoms with Gasteiger partial charge in [0.05, 0.1) is 0 Å². The van der Waals surface area contributed by atoms with Crippen molar-refractivity contribution in [3.63, 3.8) is 0 Å². The lowest BCUT2D eigenvalue weighted by molar-refractivity contribution is 0.275. The molecule has 0 atom stereocenters. The molecule has 0 aromatic carbocycles. The molecule has 2 rings (SSSR count). The van der Waals surface area contributed by atoms with Crippen molar-refractivity contribution in [2.75, 3.05) is 19.6 Å². The third-order valence-corrected chi connectivity index (χ3v) is 4.68. The van der Waals surface area contributed by atoms with Gasteiger partial charge >= 0.3 is 0 Å². The van der Waals surface area contributed by atoms with Gasteiger partial charge in [-0.2, -0.15) is 0 Å². The highest BCUT2D eigenvalue weighted by atomic mass is 32.1. The highest BCUT2D eigenvalue weighted by molar-refractivity contribution is 7.09. The van der Waals surface area contributed by atoms with E-state index in [9.17, 15) is 0 Å². The maximum Gasteiger partial charge on any atom is 0.0327 e. The summed E-state index contributed by atoms with van der Waals surface area (Å²) in [6.07, 6.45) is 8.29. The molecular formula is C16H28N2S. The summed E-state index contributed by atoms with van der Waals surface area (Å²) in [6.45, 7) is 7.06. The lowest BCUT2D eigenvalue weighted by Crippen LogP contribution is -2.23. The summed E-state index contributed by atoms with van der Waals surface area (Å²) in [5.74, 6) is 0. The van der Waals surface area contributed by atoms with Gasteiger partial charge in [-0.25, -0.2) is 0 Å². The molecule has 0 aliphatic heterocycles. The van der Waals surface area contributed by atoms with Gasteiger partial charge in [-0.05, 0) is 56.8 Å². The van der Waals surface area contributed by atoms with Crippen molar-refractivity contribution in [3.05, 3.63) is 22.4 Å². The van der Waals surface area contributed by atoms with Gasteiger partial charge in [0.15, 0.2) is 0 Å². The highest BCUT2D eigenvalue weighted by Crippen LogP contribution is 2.18. The summed E-state index contributed by atoms with van der Waals surface area (Å²) in [7, 11) is 0. The lowest BCUT2D eigenvalue weighted by Gasteiger charge is -2.19. The molecule has 1 aliphatic rings. The summed E-state index contributed by atoms with van der Waals surface area (Å²) >= 11 is 1.88. The normalized spacial score (nSPS) is 15.3. The molecule has 1 aromatic heterocycles. The summed E-state index contributed by atoms with van der Waals surface area (Å²) in [5, 5.41) is 5.76. The quantitative estimate of drug-likeness (QED) is 0.619. The largest absolute Gasteiger partial charge is 0.314 e. The highest BCUT2D eigenvalue weighted by Gasteiger charge is 2.19. The van der Waals surface area contributed by atoms with Crippen molar-refractivity contribution >= 4 is 11.3 Å². The third kappa shape index (κ3) is 6.55. The Hall–Kier alpha value is -0.380. The van der Waals surface area contributed by atoms with Crippen LogP contribution in [0.3, 0.4) is 0 Å². The van der Waals surface area contributed by atoms with Gasteiger partial charge in [-0.1, -0.05) is 25.8 Å². The van der Waals surface area contributed by atoms with Gasteiger partial charge in [-0.15, -0.1) is 11.3 Å². The molecule has 1 aromatic rings. The lowest BCUT2D eigenvalue weighted by atomic mass is 10.2. The van der Waals surface area contributed by atoms with Crippen molar-refractivity contribution in [3.8, 4) is 0 Å². The van der Waals surface area contributed by atoms with Gasteiger partial charge in [-0.3, -0.25) is 4.90 Å². The van der Waals surface area contributed by atoms with E-state index in [1.54, 1.807) is 0 Å². The first-order valence-corrected chi connectivity index (χ1v) is 8.74. The average Bonchev–Trinajstić information content (AvgIpc) is 3.11. The van der Waals surface area contributed by atoms with E-state index in [2.05, 4.69) is 34.7 Å². The molecule has 2 nitrogen and oxygen atoms in total. The van der Waals surface area contributed by atoms with E-state index in [4.69, 9.17) is 0 Å². The summed E-state index contributed by atoms with van der Waals surface area (Å²) in [5.41, 5.74) is 0. The van der Waals surface area contributed by atoms with E-state index < -0.39 is 0 Å². The third-order valence-electron chi connectivity index (χ3n) is 3.82. The van der Waals surface area contributed by atoms with Crippen LogP contribution in [0.5, 0.6) is 0 Å². The molecule has 3 heteroatoms. The second-order valence-corrected chi connectivity index (χ2v) is 6.62. The molecule has 1 heterocycles. The second-order valence-electron chi connectivity index (χ2n) is 5.59. The molecule has 0 bridgehead atoms. The SMILES string of the molecule is CCN(CCCCCCNC1CC1)Cc1cccs1. The molecule has 1 aliphatic carbocycles. The van der Waals surface area contributed by atoms with Gasteiger partial charge in [0.2, 0.25) is 0 Å². The van der Waals surface area contributed by atoms with Crippen molar-refractivity contribution < 1.29 is 0 Å². The standard InChI is InChI=1S/C16H28N2S/c1-2-18(14-16-8-7-13-19-16)12-6-4-3-5-11-17-15-9-10-15/h7-8,13,15,17H,2-6,9-12,14H2,1H3. The van der Waals surface area contributed by atoms with Crippen LogP contribution in [0.1, 0.15) is 50.3 Å². The van der Waals surface area contributed by atoms with Gasteiger partial charge in [0.1, 0.15) is 0 Å². The summed E-state index contributed by atoms with van der Waals surface area (Å²) < 4.78 is 0. The Kier molecular flexibility index (Phi) is 6.90. The Morgan fingerprint density at radius 3 is 2.79 bits per heavy atom. The van der Waals surface area contributed by atoms with E-state index in [0.717, 1.165) is 12.6 Å². The minimum Gasteiger partial charge on any atom is -0.314 e. The molecule has 0 radical (unpaired) electrons. The smallest absolute Gasteiger partial charge is 0.0327 e.